The van der Waals surface area contributed by atoms with E-state index in [1.807, 2.05) is 0 Å². The Bertz CT molecular complexity index is 341. The molecule has 1 rings (SSSR count). The van der Waals surface area contributed by atoms with E-state index in [0.29, 0.717) is 26.0 Å². The molecule has 5 nitrogen and oxygen atoms in total. The molecule has 2 N–H and O–H groups in total. The molecule has 1 fully saturated rings. The van der Waals surface area contributed by atoms with E-state index < -0.39 is 5.97 Å². The molecular weight excluding hydrogens is 258 g/mol. The zero-order chi connectivity index (χ0) is 15.2. The summed E-state index contributed by atoms with van der Waals surface area (Å²) in [5, 5.41) is 12.0. The van der Waals surface area contributed by atoms with E-state index in [9.17, 15) is 9.59 Å². The van der Waals surface area contributed by atoms with Crippen molar-refractivity contribution in [2.24, 2.45) is 17.3 Å². The topological polar surface area (TPSA) is 75.6 Å². The Kier molecular flexibility index (Phi) is 6.46. The van der Waals surface area contributed by atoms with Crippen LogP contribution in [0.1, 0.15) is 46.0 Å². The minimum atomic E-state index is -0.775. The van der Waals surface area contributed by atoms with Gasteiger partial charge in [0.05, 0.1) is 5.92 Å². The average Bonchev–Trinajstić information content (AvgIpc) is 2.43. The largest absolute Gasteiger partial charge is 0.481 e. The van der Waals surface area contributed by atoms with Gasteiger partial charge in [-0.2, -0.15) is 0 Å². The monoisotopic (exact) mass is 285 g/mol. The molecule has 0 radical (unpaired) electrons. The number of carboxylic acid groups (broad SMARTS) is 1. The molecule has 1 aliphatic carbocycles. The second-order valence-corrected chi connectivity index (χ2v) is 6.52. The molecule has 0 bridgehead atoms. The van der Waals surface area contributed by atoms with Gasteiger partial charge in [0.1, 0.15) is 0 Å². The number of nitrogens with one attached hydrogen (secondary N) is 1. The van der Waals surface area contributed by atoms with E-state index in [1.54, 1.807) is 7.11 Å². The van der Waals surface area contributed by atoms with Gasteiger partial charge >= 0.3 is 5.97 Å². The fourth-order valence-electron chi connectivity index (χ4n) is 2.59. The van der Waals surface area contributed by atoms with Crippen molar-refractivity contribution in [2.45, 2.75) is 46.0 Å². The Morgan fingerprint density at radius 2 is 1.95 bits per heavy atom. The third-order valence-electron chi connectivity index (χ3n) is 4.12. The normalized spacial score (nSPS) is 23.4. The number of carbonyl (C=O) groups excluding carboxylic acids is 1. The van der Waals surface area contributed by atoms with Gasteiger partial charge in [-0.3, -0.25) is 9.59 Å². The van der Waals surface area contributed by atoms with Crippen LogP contribution in [-0.2, 0) is 14.3 Å². The van der Waals surface area contributed by atoms with Crippen LogP contribution in [0.5, 0.6) is 0 Å². The number of ether oxygens (including phenoxy) is 1. The van der Waals surface area contributed by atoms with Crippen molar-refractivity contribution in [2.75, 3.05) is 20.3 Å². The predicted octanol–water partition coefficient (Wildman–Crippen LogP) is 2.06. The smallest absolute Gasteiger partial charge is 0.306 e. The zero-order valence-electron chi connectivity index (χ0n) is 12.8. The van der Waals surface area contributed by atoms with Crippen LogP contribution in [0.2, 0.25) is 0 Å². The molecule has 0 heterocycles. The van der Waals surface area contributed by atoms with Crippen LogP contribution >= 0.6 is 0 Å². The van der Waals surface area contributed by atoms with Crippen molar-refractivity contribution in [1.29, 1.82) is 0 Å². The molecule has 1 aliphatic rings. The summed E-state index contributed by atoms with van der Waals surface area (Å²) in [6.07, 6.45) is 3.67. The Labute approximate surface area is 121 Å². The number of hydrogen-bond donors (Lipinski definition) is 2. The molecule has 1 saturated carbocycles. The SMILES string of the molecule is COCCC(C)(C)CNC(=O)C1CCCC(C(=O)O)C1. The number of rotatable bonds is 7. The maximum Gasteiger partial charge on any atom is 0.306 e. The fraction of sp³-hybridized carbons (Fsp3) is 0.867. The standard InChI is InChI=1S/C15H27NO4/c1-15(2,7-8-20-3)10-16-13(17)11-5-4-6-12(9-11)14(18)19/h11-12H,4-10H2,1-3H3,(H,16,17)(H,18,19). The summed E-state index contributed by atoms with van der Waals surface area (Å²) in [4.78, 5) is 23.2. The Morgan fingerprint density at radius 3 is 2.55 bits per heavy atom. The van der Waals surface area contributed by atoms with Crippen molar-refractivity contribution < 1.29 is 19.4 Å². The van der Waals surface area contributed by atoms with Gasteiger partial charge in [0, 0.05) is 26.2 Å². The van der Waals surface area contributed by atoms with E-state index in [4.69, 9.17) is 9.84 Å². The first-order chi connectivity index (χ1) is 9.35. The van der Waals surface area contributed by atoms with Crippen LogP contribution in [0.4, 0.5) is 0 Å². The summed E-state index contributed by atoms with van der Waals surface area (Å²) in [6.45, 7) is 5.46. The van der Waals surface area contributed by atoms with Gasteiger partial charge in [0.15, 0.2) is 0 Å². The highest BCUT2D eigenvalue weighted by molar-refractivity contribution is 5.80. The second-order valence-electron chi connectivity index (χ2n) is 6.52. The van der Waals surface area contributed by atoms with Crippen LogP contribution in [0.15, 0.2) is 0 Å². The molecule has 0 saturated heterocycles. The quantitative estimate of drug-likeness (QED) is 0.750. The molecule has 0 aromatic carbocycles. The molecule has 2 atom stereocenters. The molecule has 0 aromatic rings. The van der Waals surface area contributed by atoms with Gasteiger partial charge in [-0.05, 0) is 31.1 Å². The van der Waals surface area contributed by atoms with Crippen molar-refractivity contribution in [3.05, 3.63) is 0 Å². The first-order valence-corrected chi connectivity index (χ1v) is 7.35. The molecule has 2 unspecified atom stereocenters. The van der Waals surface area contributed by atoms with Gasteiger partial charge < -0.3 is 15.2 Å². The first-order valence-electron chi connectivity index (χ1n) is 7.35. The highest BCUT2D eigenvalue weighted by Crippen LogP contribution is 2.29. The molecule has 116 valence electrons. The lowest BCUT2D eigenvalue weighted by molar-refractivity contribution is -0.144. The van der Waals surface area contributed by atoms with E-state index in [-0.39, 0.29) is 23.2 Å². The number of aliphatic carboxylic acids is 1. The number of carboxylic acids is 1. The highest BCUT2D eigenvalue weighted by Gasteiger charge is 2.31. The van der Waals surface area contributed by atoms with Crippen molar-refractivity contribution in [3.8, 4) is 0 Å². The Hall–Kier alpha value is -1.10. The van der Waals surface area contributed by atoms with Crippen LogP contribution in [0, 0.1) is 17.3 Å². The lowest BCUT2D eigenvalue weighted by atomic mass is 9.80. The summed E-state index contributed by atoms with van der Waals surface area (Å²) in [5.41, 5.74) is -0.00740. The summed E-state index contributed by atoms with van der Waals surface area (Å²) in [7, 11) is 1.67. The van der Waals surface area contributed by atoms with Crippen LogP contribution in [0.25, 0.3) is 0 Å². The van der Waals surface area contributed by atoms with Gasteiger partial charge in [0.2, 0.25) is 5.91 Å². The molecule has 1 amide bonds. The van der Waals surface area contributed by atoms with Gasteiger partial charge in [0.25, 0.3) is 0 Å². The van der Waals surface area contributed by atoms with Gasteiger partial charge in [-0.15, -0.1) is 0 Å². The van der Waals surface area contributed by atoms with Crippen molar-refractivity contribution in [1.82, 2.24) is 5.32 Å². The van der Waals surface area contributed by atoms with Gasteiger partial charge in [-0.1, -0.05) is 20.3 Å². The lowest BCUT2D eigenvalue weighted by Crippen LogP contribution is -2.40. The fourth-order valence-corrected chi connectivity index (χ4v) is 2.59. The van der Waals surface area contributed by atoms with E-state index in [2.05, 4.69) is 19.2 Å². The van der Waals surface area contributed by atoms with Crippen LogP contribution in [0.3, 0.4) is 0 Å². The van der Waals surface area contributed by atoms with Crippen molar-refractivity contribution in [3.63, 3.8) is 0 Å². The molecule has 5 heteroatoms. The number of methoxy groups -OCH3 is 1. The summed E-state index contributed by atoms with van der Waals surface area (Å²) in [6, 6.07) is 0. The van der Waals surface area contributed by atoms with Crippen LogP contribution in [-0.4, -0.2) is 37.2 Å². The summed E-state index contributed by atoms with van der Waals surface area (Å²) < 4.78 is 5.06. The highest BCUT2D eigenvalue weighted by atomic mass is 16.5. The third-order valence-corrected chi connectivity index (χ3v) is 4.12. The number of hydrogen-bond acceptors (Lipinski definition) is 3. The zero-order valence-corrected chi connectivity index (χ0v) is 12.8. The molecule has 0 spiro atoms. The molecule has 0 aromatic heterocycles. The predicted molar refractivity (Wildman–Crippen MR) is 76.4 cm³/mol. The van der Waals surface area contributed by atoms with E-state index in [0.717, 1.165) is 19.3 Å². The number of carbonyl (C=O) groups is 2. The Morgan fingerprint density at radius 1 is 1.30 bits per heavy atom. The minimum Gasteiger partial charge on any atom is -0.481 e. The van der Waals surface area contributed by atoms with E-state index in [1.165, 1.54) is 0 Å². The minimum absolute atomic E-state index is 0.00134. The van der Waals surface area contributed by atoms with Crippen LogP contribution < -0.4 is 5.32 Å². The molecule has 20 heavy (non-hydrogen) atoms. The maximum absolute atomic E-state index is 12.2. The summed E-state index contributed by atoms with van der Waals surface area (Å²) >= 11 is 0. The molecular formula is C15H27NO4. The molecule has 0 aliphatic heterocycles. The first kappa shape index (κ1) is 17.0. The lowest BCUT2D eigenvalue weighted by Gasteiger charge is -2.29. The van der Waals surface area contributed by atoms with Crippen molar-refractivity contribution >= 4 is 11.9 Å². The maximum atomic E-state index is 12.2. The second kappa shape index (κ2) is 7.62. The number of amides is 1. The van der Waals surface area contributed by atoms with Gasteiger partial charge in [-0.25, -0.2) is 0 Å². The summed E-state index contributed by atoms with van der Waals surface area (Å²) in [5.74, 6) is -1.28. The Balaban J connectivity index is 2.40. The van der Waals surface area contributed by atoms with E-state index >= 15 is 0 Å². The third kappa shape index (κ3) is 5.49. The average molecular weight is 285 g/mol.